The van der Waals surface area contributed by atoms with Crippen molar-refractivity contribution in [3.63, 3.8) is 0 Å². The number of carbonyl (C=O) groups is 2. The number of hydrogen-bond donors (Lipinski definition) is 3. The van der Waals surface area contributed by atoms with Crippen molar-refractivity contribution >= 4 is 23.2 Å². The first-order chi connectivity index (χ1) is 7.69. The maximum Gasteiger partial charge on any atom is 0.228 e. The number of hydrogen-bond acceptors (Lipinski definition) is 3. The summed E-state index contributed by atoms with van der Waals surface area (Å²) in [6.45, 7) is -0.170. The van der Waals surface area contributed by atoms with Crippen LogP contribution in [-0.2, 0) is 16.0 Å². The van der Waals surface area contributed by atoms with Crippen molar-refractivity contribution in [3.8, 4) is 0 Å². The number of benzene rings is 1. The average Bonchev–Trinajstić information content (AvgIpc) is 2.57. The minimum absolute atomic E-state index is 0.0335. The molecule has 3 N–H and O–H groups in total. The van der Waals surface area contributed by atoms with E-state index in [1.807, 2.05) is 0 Å². The fourth-order valence-corrected chi connectivity index (χ4v) is 1.63. The second-order valence-corrected chi connectivity index (χ2v) is 3.62. The maximum atomic E-state index is 11.2. The van der Waals surface area contributed by atoms with E-state index in [0.29, 0.717) is 12.1 Å². The van der Waals surface area contributed by atoms with E-state index in [1.165, 1.54) is 0 Å². The molecule has 16 heavy (non-hydrogen) atoms. The fraction of sp³-hybridized carbons (Fsp3) is 0.273. The van der Waals surface area contributed by atoms with Crippen LogP contribution in [0.15, 0.2) is 18.2 Å². The van der Waals surface area contributed by atoms with Crippen LogP contribution in [0.25, 0.3) is 0 Å². The van der Waals surface area contributed by atoms with Crippen LogP contribution in [0.5, 0.6) is 0 Å². The molecule has 0 fully saturated rings. The summed E-state index contributed by atoms with van der Waals surface area (Å²) in [5, 5.41) is 13.9. The van der Waals surface area contributed by atoms with Crippen LogP contribution in [0.1, 0.15) is 12.0 Å². The van der Waals surface area contributed by atoms with Gasteiger partial charge in [0.05, 0.1) is 19.4 Å². The van der Waals surface area contributed by atoms with Gasteiger partial charge in [0.25, 0.3) is 0 Å². The third kappa shape index (κ3) is 2.20. The van der Waals surface area contributed by atoms with Crippen LogP contribution in [-0.4, -0.2) is 23.5 Å². The molecule has 1 aliphatic heterocycles. The van der Waals surface area contributed by atoms with Gasteiger partial charge in [0.2, 0.25) is 11.8 Å². The number of carbonyl (C=O) groups excluding carboxylic acids is 2. The van der Waals surface area contributed by atoms with Crippen LogP contribution >= 0.6 is 0 Å². The van der Waals surface area contributed by atoms with Gasteiger partial charge in [0.15, 0.2) is 0 Å². The van der Waals surface area contributed by atoms with Gasteiger partial charge in [-0.2, -0.15) is 0 Å². The Morgan fingerprint density at radius 3 is 3.06 bits per heavy atom. The van der Waals surface area contributed by atoms with Gasteiger partial charge in [0.1, 0.15) is 0 Å². The number of rotatable bonds is 3. The second-order valence-electron chi connectivity index (χ2n) is 3.62. The Morgan fingerprint density at radius 2 is 2.31 bits per heavy atom. The van der Waals surface area contributed by atoms with E-state index < -0.39 is 0 Å². The van der Waals surface area contributed by atoms with Crippen molar-refractivity contribution in [2.24, 2.45) is 0 Å². The number of anilines is 2. The van der Waals surface area contributed by atoms with Crippen molar-refractivity contribution < 1.29 is 14.7 Å². The van der Waals surface area contributed by atoms with Gasteiger partial charge in [-0.1, -0.05) is 0 Å². The summed E-state index contributed by atoms with van der Waals surface area (Å²) in [6.07, 6.45) is 0.424. The van der Waals surface area contributed by atoms with E-state index in [0.717, 1.165) is 11.3 Å². The Morgan fingerprint density at radius 1 is 1.50 bits per heavy atom. The van der Waals surface area contributed by atoms with Gasteiger partial charge in [-0.25, -0.2) is 0 Å². The molecule has 0 unspecified atom stereocenters. The molecule has 1 aliphatic rings. The molecule has 0 bridgehead atoms. The summed E-state index contributed by atoms with van der Waals surface area (Å²) in [5.41, 5.74) is 2.32. The number of nitrogens with one attached hydrogen (secondary N) is 2. The summed E-state index contributed by atoms with van der Waals surface area (Å²) < 4.78 is 0. The molecular formula is C11H12N2O3. The lowest BCUT2D eigenvalue weighted by Gasteiger charge is -2.05. The number of amides is 2. The van der Waals surface area contributed by atoms with E-state index in [-0.39, 0.29) is 24.8 Å². The number of aliphatic hydroxyl groups is 1. The Kier molecular flexibility index (Phi) is 2.87. The van der Waals surface area contributed by atoms with Crippen LogP contribution < -0.4 is 10.6 Å². The zero-order valence-electron chi connectivity index (χ0n) is 8.62. The predicted octanol–water partition coefficient (Wildman–Crippen LogP) is 0.502. The van der Waals surface area contributed by atoms with Crippen LogP contribution in [0, 0.1) is 0 Å². The van der Waals surface area contributed by atoms with Crippen molar-refractivity contribution in [2.75, 3.05) is 17.2 Å². The summed E-state index contributed by atoms with van der Waals surface area (Å²) in [4.78, 5) is 22.3. The summed E-state index contributed by atoms with van der Waals surface area (Å²) in [6, 6.07) is 5.25. The molecular weight excluding hydrogens is 208 g/mol. The largest absolute Gasteiger partial charge is 0.396 e. The van der Waals surface area contributed by atoms with Gasteiger partial charge in [-0.05, 0) is 23.8 Å². The average molecular weight is 220 g/mol. The minimum atomic E-state index is -0.236. The van der Waals surface area contributed by atoms with Crippen LogP contribution in [0.3, 0.4) is 0 Å². The lowest BCUT2D eigenvalue weighted by atomic mass is 10.1. The molecule has 0 aromatic heterocycles. The van der Waals surface area contributed by atoms with Gasteiger partial charge < -0.3 is 15.7 Å². The highest BCUT2D eigenvalue weighted by atomic mass is 16.3. The molecule has 1 aromatic rings. The van der Waals surface area contributed by atoms with E-state index in [1.54, 1.807) is 18.2 Å². The van der Waals surface area contributed by atoms with Gasteiger partial charge >= 0.3 is 0 Å². The SMILES string of the molecule is O=C(CCO)Nc1ccc2c(c1)CC(=O)N2. The van der Waals surface area contributed by atoms with Crippen LogP contribution in [0.2, 0.25) is 0 Å². The molecule has 0 aliphatic carbocycles. The Hall–Kier alpha value is -1.88. The Bertz CT molecular complexity index is 443. The van der Waals surface area contributed by atoms with Crippen LogP contribution in [0.4, 0.5) is 11.4 Å². The minimum Gasteiger partial charge on any atom is -0.396 e. The van der Waals surface area contributed by atoms with E-state index in [9.17, 15) is 9.59 Å². The van der Waals surface area contributed by atoms with Crippen molar-refractivity contribution in [2.45, 2.75) is 12.8 Å². The van der Waals surface area contributed by atoms with Crippen molar-refractivity contribution in [3.05, 3.63) is 23.8 Å². The maximum absolute atomic E-state index is 11.2. The molecule has 0 atom stereocenters. The van der Waals surface area contributed by atoms with Gasteiger partial charge in [-0.3, -0.25) is 9.59 Å². The Labute approximate surface area is 92.5 Å². The molecule has 0 saturated carbocycles. The molecule has 2 amide bonds. The summed E-state index contributed by atoms with van der Waals surface area (Å²) >= 11 is 0. The van der Waals surface area contributed by atoms with Gasteiger partial charge in [0, 0.05) is 11.4 Å². The predicted molar refractivity (Wildman–Crippen MR) is 59.1 cm³/mol. The first-order valence-electron chi connectivity index (χ1n) is 5.02. The molecule has 5 heteroatoms. The van der Waals surface area contributed by atoms with E-state index >= 15 is 0 Å². The Balaban J connectivity index is 2.10. The lowest BCUT2D eigenvalue weighted by Crippen LogP contribution is -2.12. The highest BCUT2D eigenvalue weighted by Crippen LogP contribution is 2.25. The molecule has 84 valence electrons. The molecule has 2 rings (SSSR count). The van der Waals surface area contributed by atoms with Gasteiger partial charge in [-0.15, -0.1) is 0 Å². The number of aliphatic hydroxyl groups excluding tert-OH is 1. The zero-order chi connectivity index (χ0) is 11.5. The number of fused-ring (bicyclic) bond motifs is 1. The first-order valence-corrected chi connectivity index (χ1v) is 5.02. The third-order valence-corrected chi connectivity index (χ3v) is 2.35. The summed E-state index contributed by atoms with van der Waals surface area (Å²) in [5.74, 6) is -0.270. The smallest absolute Gasteiger partial charge is 0.228 e. The summed E-state index contributed by atoms with van der Waals surface area (Å²) in [7, 11) is 0. The molecule has 5 nitrogen and oxygen atoms in total. The molecule has 0 radical (unpaired) electrons. The molecule has 1 heterocycles. The fourth-order valence-electron chi connectivity index (χ4n) is 1.63. The monoisotopic (exact) mass is 220 g/mol. The topological polar surface area (TPSA) is 78.4 Å². The highest BCUT2D eigenvalue weighted by molar-refractivity contribution is 6.00. The zero-order valence-corrected chi connectivity index (χ0v) is 8.62. The standard InChI is InChI=1S/C11H12N2O3/c14-4-3-10(15)12-8-1-2-9-7(5-8)6-11(16)13-9/h1-2,5,14H,3-4,6H2,(H,12,15)(H,13,16). The van der Waals surface area contributed by atoms with E-state index in [2.05, 4.69) is 10.6 Å². The molecule has 0 spiro atoms. The molecule has 0 saturated heterocycles. The van der Waals surface area contributed by atoms with Crippen molar-refractivity contribution in [1.29, 1.82) is 0 Å². The quantitative estimate of drug-likeness (QED) is 0.694. The third-order valence-electron chi connectivity index (χ3n) is 2.35. The normalized spacial score (nSPS) is 13.2. The lowest BCUT2D eigenvalue weighted by molar-refractivity contribution is -0.117. The first kappa shape index (κ1) is 10.6. The molecule has 1 aromatic carbocycles. The second kappa shape index (κ2) is 4.32. The van der Waals surface area contributed by atoms with E-state index in [4.69, 9.17) is 5.11 Å². The highest BCUT2D eigenvalue weighted by Gasteiger charge is 2.17. The van der Waals surface area contributed by atoms with Crippen molar-refractivity contribution in [1.82, 2.24) is 0 Å².